The molecule has 3 heteroatoms. The highest BCUT2D eigenvalue weighted by atomic mass is 16.5. The van der Waals surface area contributed by atoms with Crippen molar-refractivity contribution in [2.24, 2.45) is 10.9 Å². The molecule has 0 amide bonds. The number of unbranched alkanes of at least 4 members (excludes halogenated alkanes) is 2. The van der Waals surface area contributed by atoms with E-state index in [1.165, 1.54) is 12.8 Å². The quantitative estimate of drug-likeness (QED) is 0.347. The van der Waals surface area contributed by atoms with Crippen LogP contribution < -0.4 is 10.6 Å². The smallest absolute Gasteiger partial charge is 0.122 e. The predicted octanol–water partition coefficient (Wildman–Crippen LogP) is 2.86. The fourth-order valence-electron chi connectivity index (χ4n) is 1.54. The van der Waals surface area contributed by atoms with Gasteiger partial charge in [0.05, 0.1) is 12.8 Å². The average molecular weight is 220 g/mol. The second-order valence-corrected chi connectivity index (χ2v) is 3.86. The van der Waals surface area contributed by atoms with E-state index in [0.29, 0.717) is 0 Å². The van der Waals surface area contributed by atoms with Crippen molar-refractivity contribution >= 4 is 6.21 Å². The first kappa shape index (κ1) is 12.6. The fraction of sp³-hybridized carbons (Fsp3) is 0.462. The molecule has 3 nitrogen and oxygen atoms in total. The van der Waals surface area contributed by atoms with Gasteiger partial charge in [-0.3, -0.25) is 0 Å². The Kier molecular flexibility index (Phi) is 5.40. The van der Waals surface area contributed by atoms with Gasteiger partial charge in [0.2, 0.25) is 0 Å². The largest absolute Gasteiger partial charge is 0.493 e. The number of benzene rings is 1. The highest BCUT2D eigenvalue weighted by Gasteiger charge is 1.99. The zero-order chi connectivity index (χ0) is 11.8. The van der Waals surface area contributed by atoms with Crippen molar-refractivity contribution in [1.82, 2.24) is 0 Å². The number of hydrazone groups is 1. The molecule has 1 aromatic carbocycles. The maximum Gasteiger partial charge on any atom is 0.122 e. The monoisotopic (exact) mass is 220 g/mol. The summed E-state index contributed by atoms with van der Waals surface area (Å²) in [6.45, 7) is 5.01. The van der Waals surface area contributed by atoms with Crippen LogP contribution in [0.3, 0.4) is 0 Å². The van der Waals surface area contributed by atoms with Gasteiger partial charge in [-0.15, -0.1) is 0 Å². The van der Waals surface area contributed by atoms with E-state index in [1.807, 2.05) is 25.1 Å². The topological polar surface area (TPSA) is 47.6 Å². The summed E-state index contributed by atoms with van der Waals surface area (Å²) < 4.78 is 5.70. The van der Waals surface area contributed by atoms with Gasteiger partial charge in [0.1, 0.15) is 5.75 Å². The highest BCUT2D eigenvalue weighted by molar-refractivity contribution is 5.80. The third-order valence-corrected chi connectivity index (χ3v) is 2.43. The van der Waals surface area contributed by atoms with Crippen LogP contribution in [0, 0.1) is 6.92 Å². The molecule has 0 heterocycles. The lowest BCUT2D eigenvalue weighted by molar-refractivity contribution is 0.304. The molecular weight excluding hydrogens is 200 g/mol. The van der Waals surface area contributed by atoms with Gasteiger partial charge in [-0.2, -0.15) is 5.10 Å². The average Bonchev–Trinajstić information content (AvgIpc) is 2.27. The molecule has 16 heavy (non-hydrogen) atoms. The summed E-state index contributed by atoms with van der Waals surface area (Å²) in [6.07, 6.45) is 5.18. The van der Waals surface area contributed by atoms with Crippen molar-refractivity contribution in [1.29, 1.82) is 0 Å². The fourth-order valence-corrected chi connectivity index (χ4v) is 1.54. The zero-order valence-electron chi connectivity index (χ0n) is 10.1. The molecule has 0 saturated heterocycles. The summed E-state index contributed by atoms with van der Waals surface area (Å²) in [5.41, 5.74) is 2.12. The van der Waals surface area contributed by atoms with Gasteiger partial charge in [0.15, 0.2) is 0 Å². The summed E-state index contributed by atoms with van der Waals surface area (Å²) in [6, 6.07) is 5.95. The zero-order valence-corrected chi connectivity index (χ0v) is 10.1. The molecule has 0 aliphatic rings. The van der Waals surface area contributed by atoms with Gasteiger partial charge in [0.25, 0.3) is 0 Å². The Morgan fingerprint density at radius 2 is 2.19 bits per heavy atom. The first-order valence-corrected chi connectivity index (χ1v) is 5.74. The van der Waals surface area contributed by atoms with E-state index in [2.05, 4.69) is 12.0 Å². The van der Waals surface area contributed by atoms with Crippen LogP contribution in [-0.4, -0.2) is 12.8 Å². The number of hydrogen-bond acceptors (Lipinski definition) is 3. The second-order valence-electron chi connectivity index (χ2n) is 3.86. The van der Waals surface area contributed by atoms with Crippen molar-refractivity contribution in [3.8, 4) is 5.75 Å². The van der Waals surface area contributed by atoms with Crippen LogP contribution >= 0.6 is 0 Å². The van der Waals surface area contributed by atoms with E-state index in [4.69, 9.17) is 10.6 Å². The van der Waals surface area contributed by atoms with Crippen LogP contribution in [-0.2, 0) is 0 Å². The number of nitrogens with zero attached hydrogens (tertiary/aromatic N) is 1. The Balaban J connectivity index is 2.54. The summed E-state index contributed by atoms with van der Waals surface area (Å²) in [7, 11) is 0. The molecular formula is C13H20N2O. The molecule has 0 unspecified atom stereocenters. The maximum atomic E-state index is 5.70. The Bertz CT molecular complexity index is 348. The van der Waals surface area contributed by atoms with Crippen LogP contribution in [0.4, 0.5) is 0 Å². The molecule has 1 aromatic rings. The summed E-state index contributed by atoms with van der Waals surface area (Å²) in [5, 5.41) is 3.50. The summed E-state index contributed by atoms with van der Waals surface area (Å²) >= 11 is 0. The molecule has 0 saturated carbocycles. The van der Waals surface area contributed by atoms with Gasteiger partial charge in [0, 0.05) is 0 Å². The van der Waals surface area contributed by atoms with Crippen LogP contribution in [0.2, 0.25) is 0 Å². The van der Waals surface area contributed by atoms with Gasteiger partial charge in [-0.05, 0) is 42.7 Å². The molecule has 0 aromatic heterocycles. The van der Waals surface area contributed by atoms with E-state index >= 15 is 0 Å². The third-order valence-electron chi connectivity index (χ3n) is 2.43. The number of rotatable bonds is 6. The highest BCUT2D eigenvalue weighted by Crippen LogP contribution is 2.18. The molecule has 0 atom stereocenters. The Morgan fingerprint density at radius 1 is 1.38 bits per heavy atom. The lowest BCUT2D eigenvalue weighted by Gasteiger charge is -2.09. The minimum Gasteiger partial charge on any atom is -0.493 e. The summed E-state index contributed by atoms with van der Waals surface area (Å²) in [4.78, 5) is 0. The van der Waals surface area contributed by atoms with Crippen molar-refractivity contribution in [3.05, 3.63) is 29.3 Å². The Hall–Kier alpha value is -1.51. The van der Waals surface area contributed by atoms with Gasteiger partial charge in [-0.25, -0.2) is 0 Å². The standard InChI is InChI=1S/C13H20N2O/c1-3-4-5-8-16-13-7-6-12(10-15-14)9-11(13)2/h6-7,9-10H,3-5,8,14H2,1-2H3. The summed E-state index contributed by atoms with van der Waals surface area (Å²) in [5.74, 6) is 6.05. The van der Waals surface area contributed by atoms with Gasteiger partial charge in [-0.1, -0.05) is 19.8 Å². The maximum absolute atomic E-state index is 5.70. The normalized spacial score (nSPS) is 10.9. The van der Waals surface area contributed by atoms with Crippen LogP contribution in [0.25, 0.3) is 0 Å². The van der Waals surface area contributed by atoms with E-state index in [1.54, 1.807) is 6.21 Å². The third kappa shape index (κ3) is 3.93. The van der Waals surface area contributed by atoms with E-state index < -0.39 is 0 Å². The first-order chi connectivity index (χ1) is 7.77. The Labute approximate surface area is 97.3 Å². The number of hydrogen-bond donors (Lipinski definition) is 1. The minimum atomic E-state index is 0.791. The number of nitrogens with two attached hydrogens (primary N) is 1. The molecule has 0 fully saturated rings. The molecule has 0 aliphatic carbocycles. The SMILES string of the molecule is CCCCCOc1ccc(C=NN)cc1C. The predicted molar refractivity (Wildman–Crippen MR) is 68.0 cm³/mol. The Morgan fingerprint density at radius 3 is 2.81 bits per heavy atom. The van der Waals surface area contributed by atoms with E-state index in [9.17, 15) is 0 Å². The van der Waals surface area contributed by atoms with Crippen LogP contribution in [0.5, 0.6) is 5.75 Å². The number of ether oxygens (including phenoxy) is 1. The second kappa shape index (κ2) is 6.88. The van der Waals surface area contributed by atoms with Crippen molar-refractivity contribution < 1.29 is 4.74 Å². The van der Waals surface area contributed by atoms with Crippen molar-refractivity contribution in [2.75, 3.05) is 6.61 Å². The van der Waals surface area contributed by atoms with E-state index in [0.717, 1.165) is 29.9 Å². The lowest BCUT2D eigenvalue weighted by Crippen LogP contribution is -1.99. The molecule has 0 radical (unpaired) electrons. The van der Waals surface area contributed by atoms with Crippen molar-refractivity contribution in [2.45, 2.75) is 33.1 Å². The van der Waals surface area contributed by atoms with Crippen molar-refractivity contribution in [3.63, 3.8) is 0 Å². The van der Waals surface area contributed by atoms with Gasteiger partial charge < -0.3 is 10.6 Å². The van der Waals surface area contributed by atoms with Crippen LogP contribution in [0.1, 0.15) is 37.3 Å². The lowest BCUT2D eigenvalue weighted by atomic mass is 10.1. The van der Waals surface area contributed by atoms with E-state index in [-0.39, 0.29) is 0 Å². The first-order valence-electron chi connectivity index (χ1n) is 5.74. The molecule has 0 spiro atoms. The van der Waals surface area contributed by atoms with Gasteiger partial charge >= 0.3 is 0 Å². The minimum absolute atomic E-state index is 0.791. The van der Waals surface area contributed by atoms with Crippen LogP contribution in [0.15, 0.2) is 23.3 Å². The number of aryl methyl sites for hydroxylation is 1. The molecule has 0 aliphatic heterocycles. The molecule has 0 bridgehead atoms. The molecule has 2 N–H and O–H groups in total. The molecule has 1 rings (SSSR count). The molecule has 88 valence electrons.